The Morgan fingerprint density at radius 1 is 1.07 bits per heavy atom. The Labute approximate surface area is 95.6 Å². The summed E-state index contributed by atoms with van der Waals surface area (Å²) in [6.07, 6.45) is 14.4. The first-order chi connectivity index (χ1) is 7.36. The van der Waals surface area contributed by atoms with Crippen LogP contribution in [0.1, 0.15) is 78.1 Å². The molecule has 1 aliphatic rings. The molecule has 1 saturated carbocycles. The molecule has 0 aromatic rings. The van der Waals surface area contributed by atoms with Crippen molar-refractivity contribution in [3.8, 4) is 0 Å². The summed E-state index contributed by atoms with van der Waals surface area (Å²) >= 11 is 0. The molecule has 1 fully saturated rings. The van der Waals surface area contributed by atoms with Gasteiger partial charge in [0.05, 0.1) is 12.2 Å². The zero-order valence-corrected chi connectivity index (χ0v) is 10.6. The zero-order chi connectivity index (χ0) is 10.9. The molecule has 15 heavy (non-hydrogen) atoms. The van der Waals surface area contributed by atoms with Gasteiger partial charge in [-0.25, -0.2) is 0 Å². The van der Waals surface area contributed by atoms with Gasteiger partial charge in [-0.1, -0.05) is 52.4 Å². The normalized spacial score (nSPS) is 20.4. The molecular weight excluding hydrogens is 184 g/mol. The second-order valence-electron chi connectivity index (χ2n) is 4.92. The first-order valence-corrected chi connectivity index (χ1v) is 7.02. The Hall–Kier alpha value is -0.0400. The average Bonchev–Trinajstić information content (AvgIpc) is 2.29. The third kappa shape index (κ3) is 5.55. The maximum Gasteiger partial charge on any atom is 0.0578 e. The summed E-state index contributed by atoms with van der Waals surface area (Å²) in [5, 5.41) is 0. The van der Waals surface area contributed by atoms with Crippen LogP contribution >= 0.6 is 0 Å². The van der Waals surface area contributed by atoms with Gasteiger partial charge in [0.25, 0.3) is 0 Å². The fourth-order valence-electron chi connectivity index (χ4n) is 2.46. The standard InChI is InChI=1S/C14H28O/c1-3-5-7-10-13(4-2)15-14-11-8-6-9-12-14/h13-14H,3-12H2,1-2H3. The predicted octanol–water partition coefficient (Wildman–Crippen LogP) is 4.69. The van der Waals surface area contributed by atoms with Gasteiger partial charge in [0.1, 0.15) is 0 Å². The van der Waals surface area contributed by atoms with E-state index in [9.17, 15) is 0 Å². The Bertz CT molecular complexity index is 138. The van der Waals surface area contributed by atoms with E-state index in [0.29, 0.717) is 12.2 Å². The number of unbranched alkanes of at least 4 members (excludes halogenated alkanes) is 2. The van der Waals surface area contributed by atoms with E-state index in [1.165, 1.54) is 64.2 Å². The van der Waals surface area contributed by atoms with E-state index in [2.05, 4.69) is 13.8 Å². The van der Waals surface area contributed by atoms with Crippen LogP contribution in [0.4, 0.5) is 0 Å². The van der Waals surface area contributed by atoms with E-state index in [1.807, 2.05) is 0 Å². The molecule has 0 saturated heterocycles. The van der Waals surface area contributed by atoms with Gasteiger partial charge in [-0.05, 0) is 25.7 Å². The van der Waals surface area contributed by atoms with Crippen LogP contribution in [0, 0.1) is 0 Å². The summed E-state index contributed by atoms with van der Waals surface area (Å²) in [4.78, 5) is 0. The van der Waals surface area contributed by atoms with Crippen molar-refractivity contribution in [2.75, 3.05) is 0 Å². The molecule has 0 aromatic heterocycles. The van der Waals surface area contributed by atoms with Gasteiger partial charge in [0, 0.05) is 0 Å². The van der Waals surface area contributed by atoms with Crippen LogP contribution in [0.3, 0.4) is 0 Å². The molecule has 0 radical (unpaired) electrons. The van der Waals surface area contributed by atoms with Crippen molar-refractivity contribution >= 4 is 0 Å². The van der Waals surface area contributed by atoms with Crippen molar-refractivity contribution in [2.45, 2.75) is 90.3 Å². The topological polar surface area (TPSA) is 9.23 Å². The third-order valence-corrected chi connectivity index (χ3v) is 3.52. The van der Waals surface area contributed by atoms with Gasteiger partial charge in [0.2, 0.25) is 0 Å². The number of rotatable bonds is 7. The van der Waals surface area contributed by atoms with Crippen molar-refractivity contribution < 1.29 is 4.74 Å². The summed E-state index contributed by atoms with van der Waals surface area (Å²) < 4.78 is 6.19. The molecule has 0 aliphatic heterocycles. The molecule has 0 aromatic carbocycles. The summed E-state index contributed by atoms with van der Waals surface area (Å²) in [6, 6.07) is 0. The van der Waals surface area contributed by atoms with Gasteiger partial charge in [-0.3, -0.25) is 0 Å². The van der Waals surface area contributed by atoms with E-state index in [0.717, 1.165) is 0 Å². The molecule has 0 spiro atoms. The molecule has 1 atom stereocenters. The van der Waals surface area contributed by atoms with E-state index < -0.39 is 0 Å². The minimum Gasteiger partial charge on any atom is -0.375 e. The largest absolute Gasteiger partial charge is 0.375 e. The minimum atomic E-state index is 0.541. The maximum atomic E-state index is 6.19. The van der Waals surface area contributed by atoms with Crippen molar-refractivity contribution in [3.63, 3.8) is 0 Å². The number of ether oxygens (including phenoxy) is 1. The highest BCUT2D eigenvalue weighted by atomic mass is 16.5. The third-order valence-electron chi connectivity index (χ3n) is 3.52. The van der Waals surface area contributed by atoms with Crippen LogP contribution in [0.25, 0.3) is 0 Å². The minimum absolute atomic E-state index is 0.541. The lowest BCUT2D eigenvalue weighted by Gasteiger charge is -2.27. The quantitative estimate of drug-likeness (QED) is 0.556. The Balaban J connectivity index is 2.13. The van der Waals surface area contributed by atoms with Crippen LogP contribution in [0.15, 0.2) is 0 Å². The predicted molar refractivity (Wildman–Crippen MR) is 66.2 cm³/mol. The fourth-order valence-corrected chi connectivity index (χ4v) is 2.46. The Kier molecular flexibility index (Phi) is 7.08. The SMILES string of the molecule is CCCCCC(CC)OC1CCCCC1. The van der Waals surface area contributed by atoms with Crippen LogP contribution in [0.5, 0.6) is 0 Å². The molecule has 0 heterocycles. The van der Waals surface area contributed by atoms with E-state index >= 15 is 0 Å². The second kappa shape index (κ2) is 8.15. The van der Waals surface area contributed by atoms with Gasteiger partial charge >= 0.3 is 0 Å². The number of hydrogen-bond acceptors (Lipinski definition) is 1. The first-order valence-electron chi connectivity index (χ1n) is 7.02. The highest BCUT2D eigenvalue weighted by molar-refractivity contribution is 4.68. The molecule has 1 nitrogen and oxygen atoms in total. The van der Waals surface area contributed by atoms with E-state index in [-0.39, 0.29) is 0 Å². The van der Waals surface area contributed by atoms with Crippen LogP contribution in [0.2, 0.25) is 0 Å². The smallest absolute Gasteiger partial charge is 0.0578 e. The molecule has 1 heteroatoms. The molecule has 90 valence electrons. The molecule has 1 unspecified atom stereocenters. The lowest BCUT2D eigenvalue weighted by atomic mass is 9.97. The zero-order valence-electron chi connectivity index (χ0n) is 10.6. The van der Waals surface area contributed by atoms with Crippen LogP contribution < -0.4 is 0 Å². The molecule has 0 amide bonds. The van der Waals surface area contributed by atoms with Gasteiger partial charge < -0.3 is 4.74 Å². The van der Waals surface area contributed by atoms with Crippen molar-refractivity contribution in [3.05, 3.63) is 0 Å². The van der Waals surface area contributed by atoms with Crippen LogP contribution in [-0.2, 0) is 4.74 Å². The van der Waals surface area contributed by atoms with Crippen molar-refractivity contribution in [1.29, 1.82) is 0 Å². The molecule has 0 N–H and O–H groups in total. The summed E-state index contributed by atoms with van der Waals surface area (Å²) in [5.74, 6) is 0. The Morgan fingerprint density at radius 3 is 2.40 bits per heavy atom. The number of hydrogen-bond donors (Lipinski definition) is 0. The van der Waals surface area contributed by atoms with Gasteiger partial charge in [-0.2, -0.15) is 0 Å². The van der Waals surface area contributed by atoms with Crippen molar-refractivity contribution in [1.82, 2.24) is 0 Å². The molecule has 1 rings (SSSR count). The van der Waals surface area contributed by atoms with Crippen LogP contribution in [-0.4, -0.2) is 12.2 Å². The maximum absolute atomic E-state index is 6.19. The lowest BCUT2D eigenvalue weighted by Crippen LogP contribution is -2.23. The summed E-state index contributed by atoms with van der Waals surface area (Å²) in [6.45, 7) is 4.53. The monoisotopic (exact) mass is 212 g/mol. The fraction of sp³-hybridized carbons (Fsp3) is 1.00. The summed E-state index contributed by atoms with van der Waals surface area (Å²) in [5.41, 5.74) is 0. The highest BCUT2D eigenvalue weighted by Crippen LogP contribution is 2.23. The lowest BCUT2D eigenvalue weighted by molar-refractivity contribution is -0.0357. The van der Waals surface area contributed by atoms with Gasteiger partial charge in [-0.15, -0.1) is 0 Å². The Morgan fingerprint density at radius 2 is 1.80 bits per heavy atom. The highest BCUT2D eigenvalue weighted by Gasteiger charge is 2.17. The van der Waals surface area contributed by atoms with E-state index in [4.69, 9.17) is 4.74 Å². The average molecular weight is 212 g/mol. The molecule has 1 aliphatic carbocycles. The first kappa shape index (κ1) is 13.0. The van der Waals surface area contributed by atoms with Crippen molar-refractivity contribution in [2.24, 2.45) is 0 Å². The van der Waals surface area contributed by atoms with Gasteiger partial charge in [0.15, 0.2) is 0 Å². The second-order valence-corrected chi connectivity index (χ2v) is 4.92. The molecular formula is C14H28O. The molecule has 0 bridgehead atoms. The van der Waals surface area contributed by atoms with E-state index in [1.54, 1.807) is 0 Å². The summed E-state index contributed by atoms with van der Waals surface area (Å²) in [7, 11) is 0.